The van der Waals surface area contributed by atoms with Crippen LogP contribution < -0.4 is 10.5 Å². The van der Waals surface area contributed by atoms with E-state index in [1.54, 1.807) is 23.5 Å². The number of nitrogens with two attached hydrogens (primary N) is 1. The van der Waals surface area contributed by atoms with E-state index in [9.17, 15) is 13.2 Å². The zero-order valence-electron chi connectivity index (χ0n) is 18.2. The van der Waals surface area contributed by atoms with Crippen molar-refractivity contribution in [1.82, 2.24) is 0 Å². The molecule has 2 aromatic carbocycles. The standard InChI is InChI=1S/C25H27NO5S2/c26-24(27)25(12-15-30-16-13-25)33(28,29)22-10-8-21(9-11-22)31-14-2-5-19-4-1-6-20(18-19)23-7-3-17-32-23/h1,3-4,6-11,17-18H,2,5,12-16H2,(H2,26,27). The van der Waals surface area contributed by atoms with Gasteiger partial charge in [-0.15, -0.1) is 11.3 Å². The van der Waals surface area contributed by atoms with Gasteiger partial charge in [-0.1, -0.05) is 30.3 Å². The third kappa shape index (κ3) is 4.98. The van der Waals surface area contributed by atoms with Gasteiger partial charge in [-0.2, -0.15) is 0 Å². The van der Waals surface area contributed by atoms with Gasteiger partial charge in [0.1, 0.15) is 5.75 Å². The van der Waals surface area contributed by atoms with Gasteiger partial charge in [0.15, 0.2) is 14.6 Å². The Morgan fingerprint density at radius 3 is 2.48 bits per heavy atom. The number of hydrogen-bond acceptors (Lipinski definition) is 6. The van der Waals surface area contributed by atoms with E-state index in [0.717, 1.165) is 12.8 Å². The molecule has 0 atom stereocenters. The Morgan fingerprint density at radius 1 is 1.06 bits per heavy atom. The molecule has 3 aromatic rings. The maximum Gasteiger partial charge on any atom is 0.239 e. The number of sulfone groups is 1. The lowest BCUT2D eigenvalue weighted by molar-refractivity contribution is -0.122. The molecule has 1 fully saturated rings. The molecule has 8 heteroatoms. The molecule has 0 unspecified atom stereocenters. The fourth-order valence-corrected chi connectivity index (χ4v) is 6.72. The Morgan fingerprint density at radius 2 is 1.82 bits per heavy atom. The van der Waals surface area contributed by atoms with Crippen LogP contribution in [-0.4, -0.2) is 38.9 Å². The van der Waals surface area contributed by atoms with E-state index in [0.29, 0.717) is 12.4 Å². The molecule has 0 radical (unpaired) electrons. The fourth-order valence-electron chi connectivity index (χ4n) is 4.08. The summed E-state index contributed by atoms with van der Waals surface area (Å²) < 4.78 is 35.8. The largest absolute Gasteiger partial charge is 0.494 e. The Bertz CT molecular complexity index is 1180. The molecular weight excluding hydrogens is 458 g/mol. The van der Waals surface area contributed by atoms with Crippen LogP contribution in [0.15, 0.2) is 70.9 Å². The zero-order valence-corrected chi connectivity index (χ0v) is 19.9. The lowest BCUT2D eigenvalue weighted by Crippen LogP contribution is -2.53. The van der Waals surface area contributed by atoms with E-state index >= 15 is 0 Å². The van der Waals surface area contributed by atoms with Crippen molar-refractivity contribution in [2.45, 2.75) is 35.3 Å². The van der Waals surface area contributed by atoms with Crippen LogP contribution in [0.2, 0.25) is 0 Å². The highest BCUT2D eigenvalue weighted by atomic mass is 32.2. The predicted molar refractivity (Wildman–Crippen MR) is 129 cm³/mol. The molecule has 0 spiro atoms. The minimum atomic E-state index is -3.93. The van der Waals surface area contributed by atoms with Gasteiger partial charge in [-0.25, -0.2) is 8.42 Å². The van der Waals surface area contributed by atoms with Crippen molar-refractivity contribution >= 4 is 27.1 Å². The highest BCUT2D eigenvalue weighted by Crippen LogP contribution is 2.35. The van der Waals surface area contributed by atoms with Crippen molar-refractivity contribution in [3.05, 3.63) is 71.6 Å². The number of benzene rings is 2. The highest BCUT2D eigenvalue weighted by Gasteiger charge is 2.51. The van der Waals surface area contributed by atoms with Crippen molar-refractivity contribution in [2.75, 3.05) is 19.8 Å². The van der Waals surface area contributed by atoms with Crippen LogP contribution in [0.5, 0.6) is 5.75 Å². The summed E-state index contributed by atoms with van der Waals surface area (Å²) in [5, 5.41) is 2.07. The van der Waals surface area contributed by atoms with Gasteiger partial charge in [0.25, 0.3) is 0 Å². The minimum Gasteiger partial charge on any atom is -0.494 e. The minimum absolute atomic E-state index is 0.0661. The smallest absolute Gasteiger partial charge is 0.239 e. The monoisotopic (exact) mass is 485 g/mol. The molecule has 174 valence electrons. The number of hydrogen-bond donors (Lipinski definition) is 1. The summed E-state index contributed by atoms with van der Waals surface area (Å²) in [4.78, 5) is 13.4. The first-order valence-corrected chi connectivity index (χ1v) is 13.3. The predicted octanol–water partition coefficient (Wildman–Crippen LogP) is 4.23. The van der Waals surface area contributed by atoms with Gasteiger partial charge in [-0.3, -0.25) is 4.79 Å². The lowest BCUT2D eigenvalue weighted by atomic mass is 9.98. The second-order valence-corrected chi connectivity index (χ2v) is 11.3. The molecule has 1 aromatic heterocycles. The SMILES string of the molecule is NC(=O)C1(S(=O)(=O)c2ccc(OCCCc3cccc(-c4cccs4)c3)cc2)CCOCC1. The molecule has 0 aliphatic carbocycles. The van der Waals surface area contributed by atoms with Gasteiger partial charge < -0.3 is 15.2 Å². The molecule has 0 saturated carbocycles. The van der Waals surface area contributed by atoms with Crippen molar-refractivity contribution in [3.8, 4) is 16.2 Å². The highest BCUT2D eigenvalue weighted by molar-refractivity contribution is 7.93. The molecular formula is C25H27NO5S2. The summed E-state index contributed by atoms with van der Waals surface area (Å²) in [5.41, 5.74) is 7.99. The Kier molecular flexibility index (Phi) is 7.17. The lowest BCUT2D eigenvalue weighted by Gasteiger charge is -2.33. The number of ether oxygens (including phenoxy) is 2. The van der Waals surface area contributed by atoms with Crippen molar-refractivity contribution in [3.63, 3.8) is 0 Å². The number of primary amides is 1. The number of thiophene rings is 1. The van der Waals surface area contributed by atoms with Gasteiger partial charge >= 0.3 is 0 Å². The average Bonchev–Trinajstić information content (AvgIpc) is 3.38. The molecule has 4 rings (SSSR count). The number of aryl methyl sites for hydroxylation is 1. The van der Waals surface area contributed by atoms with E-state index in [4.69, 9.17) is 15.2 Å². The van der Waals surface area contributed by atoms with Crippen LogP contribution in [0.25, 0.3) is 10.4 Å². The van der Waals surface area contributed by atoms with Gasteiger partial charge in [-0.05, 0) is 72.5 Å². The summed E-state index contributed by atoms with van der Waals surface area (Å²) in [6.45, 7) is 0.900. The van der Waals surface area contributed by atoms with Crippen molar-refractivity contribution in [1.29, 1.82) is 0 Å². The first-order chi connectivity index (χ1) is 15.9. The molecule has 0 bridgehead atoms. The van der Waals surface area contributed by atoms with Crippen molar-refractivity contribution in [2.24, 2.45) is 5.73 Å². The number of carbonyl (C=O) groups is 1. The zero-order chi connectivity index (χ0) is 23.3. The first-order valence-electron chi connectivity index (χ1n) is 10.9. The number of amides is 1. The Labute approximate surface area is 198 Å². The van der Waals surface area contributed by atoms with Crippen LogP contribution in [0.1, 0.15) is 24.8 Å². The maximum absolute atomic E-state index is 13.2. The van der Waals surface area contributed by atoms with E-state index in [-0.39, 0.29) is 31.0 Å². The second kappa shape index (κ2) is 10.1. The van der Waals surface area contributed by atoms with Crippen molar-refractivity contribution < 1.29 is 22.7 Å². The normalized spacial score (nSPS) is 15.8. The van der Waals surface area contributed by atoms with Crippen LogP contribution in [0.3, 0.4) is 0 Å². The molecule has 2 heterocycles. The van der Waals surface area contributed by atoms with Gasteiger partial charge in [0, 0.05) is 18.1 Å². The first kappa shape index (κ1) is 23.5. The van der Waals surface area contributed by atoms with E-state index in [1.807, 2.05) is 6.07 Å². The maximum atomic E-state index is 13.2. The van der Waals surface area contributed by atoms with E-state index in [1.165, 1.54) is 28.1 Å². The molecule has 1 amide bonds. The fraction of sp³-hybridized carbons (Fsp3) is 0.320. The number of carbonyl (C=O) groups excluding carboxylic acids is 1. The summed E-state index contributed by atoms with van der Waals surface area (Å²) in [6, 6.07) is 18.9. The summed E-state index contributed by atoms with van der Waals surface area (Å²) in [6.07, 6.45) is 1.85. The van der Waals surface area contributed by atoms with Crippen LogP contribution >= 0.6 is 11.3 Å². The third-order valence-corrected chi connectivity index (χ3v) is 9.46. The van der Waals surface area contributed by atoms with Crippen LogP contribution in [-0.2, 0) is 25.8 Å². The summed E-state index contributed by atoms with van der Waals surface area (Å²) in [7, 11) is -3.93. The second-order valence-electron chi connectivity index (χ2n) is 8.08. The molecule has 1 aliphatic rings. The van der Waals surface area contributed by atoms with Gasteiger partial charge in [0.2, 0.25) is 5.91 Å². The molecule has 1 aliphatic heterocycles. The molecule has 2 N–H and O–H groups in total. The molecule has 1 saturated heterocycles. The van der Waals surface area contributed by atoms with Crippen LogP contribution in [0.4, 0.5) is 0 Å². The van der Waals surface area contributed by atoms with Gasteiger partial charge in [0.05, 0.1) is 11.5 Å². The summed E-state index contributed by atoms with van der Waals surface area (Å²) >= 11 is 1.72. The molecule has 33 heavy (non-hydrogen) atoms. The Balaban J connectivity index is 1.35. The van der Waals surface area contributed by atoms with Crippen LogP contribution in [0, 0.1) is 0 Å². The molecule has 6 nitrogen and oxygen atoms in total. The summed E-state index contributed by atoms with van der Waals surface area (Å²) in [5.74, 6) is -0.240. The topological polar surface area (TPSA) is 95.7 Å². The average molecular weight is 486 g/mol. The number of rotatable bonds is 9. The van der Waals surface area contributed by atoms with E-state index < -0.39 is 20.5 Å². The van der Waals surface area contributed by atoms with E-state index in [2.05, 4.69) is 35.7 Å². The Hall–Kier alpha value is -2.68. The third-order valence-electron chi connectivity index (χ3n) is 6.01. The quantitative estimate of drug-likeness (QED) is 0.458.